The van der Waals surface area contributed by atoms with Gasteiger partial charge in [0, 0.05) is 38.3 Å². The molecule has 1 aliphatic rings. The van der Waals surface area contributed by atoms with Gasteiger partial charge >= 0.3 is 0 Å². The van der Waals surface area contributed by atoms with Gasteiger partial charge in [0.1, 0.15) is 11.5 Å². The first-order valence-corrected chi connectivity index (χ1v) is 8.41. The molecule has 3 rings (SSSR count). The number of piperazine rings is 1. The number of methoxy groups -OCH3 is 2. The summed E-state index contributed by atoms with van der Waals surface area (Å²) < 4.78 is 15.8. The predicted octanol–water partition coefficient (Wildman–Crippen LogP) is 2.18. The monoisotopic (exact) mass is 344 g/mol. The van der Waals surface area contributed by atoms with E-state index in [1.54, 1.807) is 26.7 Å². The zero-order valence-corrected chi connectivity index (χ0v) is 14.7. The summed E-state index contributed by atoms with van der Waals surface area (Å²) in [6.45, 7) is 3.95. The summed E-state index contributed by atoms with van der Waals surface area (Å²) in [5, 5.41) is 0. The SMILES string of the molecule is COc1ccc(OC)c(CN2CCN(C(=O)Cc3ccoc3)CC2)c1. The molecule has 6 nitrogen and oxygen atoms in total. The summed E-state index contributed by atoms with van der Waals surface area (Å²) in [4.78, 5) is 16.6. The Morgan fingerprint density at radius 1 is 1.12 bits per heavy atom. The fourth-order valence-corrected chi connectivity index (χ4v) is 3.08. The number of ether oxygens (including phenoxy) is 2. The van der Waals surface area contributed by atoms with Gasteiger partial charge in [0.15, 0.2) is 0 Å². The maximum Gasteiger partial charge on any atom is 0.227 e. The van der Waals surface area contributed by atoms with E-state index in [9.17, 15) is 4.79 Å². The van der Waals surface area contributed by atoms with Gasteiger partial charge in [-0.15, -0.1) is 0 Å². The largest absolute Gasteiger partial charge is 0.497 e. The van der Waals surface area contributed by atoms with Crippen LogP contribution < -0.4 is 9.47 Å². The Balaban J connectivity index is 1.55. The minimum absolute atomic E-state index is 0.153. The van der Waals surface area contributed by atoms with E-state index in [-0.39, 0.29) is 5.91 Å². The van der Waals surface area contributed by atoms with Crippen LogP contribution in [-0.2, 0) is 17.8 Å². The molecule has 0 saturated carbocycles. The minimum atomic E-state index is 0.153. The molecule has 1 amide bonds. The van der Waals surface area contributed by atoms with Crippen LogP contribution in [0.3, 0.4) is 0 Å². The fourth-order valence-electron chi connectivity index (χ4n) is 3.08. The second-order valence-corrected chi connectivity index (χ2v) is 6.14. The lowest BCUT2D eigenvalue weighted by atomic mass is 10.1. The van der Waals surface area contributed by atoms with Gasteiger partial charge in [-0.3, -0.25) is 9.69 Å². The quantitative estimate of drug-likeness (QED) is 0.804. The maximum absolute atomic E-state index is 12.3. The number of carbonyl (C=O) groups is 1. The zero-order valence-electron chi connectivity index (χ0n) is 14.7. The van der Waals surface area contributed by atoms with Crippen molar-refractivity contribution in [3.05, 3.63) is 47.9 Å². The highest BCUT2D eigenvalue weighted by molar-refractivity contribution is 5.78. The van der Waals surface area contributed by atoms with Gasteiger partial charge < -0.3 is 18.8 Å². The first kappa shape index (κ1) is 17.4. The standard InChI is InChI=1S/C19H24N2O4/c1-23-17-3-4-18(24-2)16(12-17)13-20-6-8-21(9-7-20)19(22)11-15-5-10-25-14-15/h3-5,10,12,14H,6-9,11,13H2,1-2H3. The number of amides is 1. The molecule has 0 aliphatic carbocycles. The van der Waals surface area contributed by atoms with Gasteiger partial charge in [-0.2, -0.15) is 0 Å². The van der Waals surface area contributed by atoms with Crippen LogP contribution in [0.25, 0.3) is 0 Å². The summed E-state index contributed by atoms with van der Waals surface area (Å²) >= 11 is 0. The Bertz CT molecular complexity index is 691. The summed E-state index contributed by atoms with van der Waals surface area (Å²) in [6, 6.07) is 7.67. The smallest absolute Gasteiger partial charge is 0.227 e. The van der Waals surface area contributed by atoms with Crippen molar-refractivity contribution in [1.82, 2.24) is 9.80 Å². The predicted molar refractivity (Wildman–Crippen MR) is 93.8 cm³/mol. The van der Waals surface area contributed by atoms with E-state index in [1.165, 1.54) is 0 Å². The van der Waals surface area contributed by atoms with Crippen LogP contribution in [0.4, 0.5) is 0 Å². The molecule has 0 unspecified atom stereocenters. The average molecular weight is 344 g/mol. The molecule has 1 fully saturated rings. The van der Waals surface area contributed by atoms with E-state index in [4.69, 9.17) is 13.9 Å². The number of nitrogens with zero attached hydrogens (tertiary/aromatic N) is 2. The molecule has 2 heterocycles. The van der Waals surface area contributed by atoms with E-state index in [0.717, 1.165) is 55.3 Å². The summed E-state index contributed by atoms with van der Waals surface area (Å²) in [5.41, 5.74) is 2.02. The first-order chi connectivity index (χ1) is 12.2. The van der Waals surface area contributed by atoms with Gasteiger partial charge in [0.2, 0.25) is 5.91 Å². The molecule has 6 heteroatoms. The molecule has 134 valence electrons. The highest BCUT2D eigenvalue weighted by atomic mass is 16.5. The fraction of sp³-hybridized carbons (Fsp3) is 0.421. The number of hydrogen-bond donors (Lipinski definition) is 0. The van der Waals surface area contributed by atoms with Gasteiger partial charge in [-0.05, 0) is 29.8 Å². The molecular formula is C19H24N2O4. The van der Waals surface area contributed by atoms with Crippen LogP contribution in [0.15, 0.2) is 41.2 Å². The van der Waals surface area contributed by atoms with Crippen LogP contribution in [0, 0.1) is 0 Å². The Morgan fingerprint density at radius 2 is 1.92 bits per heavy atom. The molecule has 0 radical (unpaired) electrons. The lowest BCUT2D eigenvalue weighted by molar-refractivity contribution is -0.132. The Kier molecular flexibility index (Phi) is 5.60. The third kappa shape index (κ3) is 4.33. The topological polar surface area (TPSA) is 55.2 Å². The number of benzene rings is 1. The van der Waals surface area contributed by atoms with E-state index < -0.39 is 0 Å². The molecule has 0 N–H and O–H groups in total. The van der Waals surface area contributed by atoms with E-state index >= 15 is 0 Å². The number of hydrogen-bond acceptors (Lipinski definition) is 5. The Labute approximate surface area is 147 Å². The third-order valence-electron chi connectivity index (χ3n) is 4.54. The molecule has 1 aromatic carbocycles. The number of rotatable bonds is 6. The van der Waals surface area contributed by atoms with Crippen molar-refractivity contribution >= 4 is 5.91 Å². The molecule has 25 heavy (non-hydrogen) atoms. The van der Waals surface area contributed by atoms with Gasteiger partial charge in [0.05, 0.1) is 33.2 Å². The van der Waals surface area contributed by atoms with Crippen molar-refractivity contribution in [3.8, 4) is 11.5 Å². The number of furan rings is 1. The van der Waals surface area contributed by atoms with Crippen molar-refractivity contribution in [1.29, 1.82) is 0 Å². The highest BCUT2D eigenvalue weighted by Gasteiger charge is 2.22. The van der Waals surface area contributed by atoms with Gasteiger partial charge in [-0.1, -0.05) is 0 Å². The summed E-state index contributed by atoms with van der Waals surface area (Å²) in [5.74, 6) is 1.84. The normalized spacial score (nSPS) is 15.2. The number of carbonyl (C=O) groups excluding carboxylic acids is 1. The summed E-state index contributed by atoms with van der Waals surface area (Å²) in [7, 11) is 3.34. The zero-order chi connectivity index (χ0) is 17.6. The van der Waals surface area contributed by atoms with Crippen LogP contribution in [0.2, 0.25) is 0 Å². The van der Waals surface area contributed by atoms with Crippen LogP contribution >= 0.6 is 0 Å². The molecule has 0 spiro atoms. The van der Waals surface area contributed by atoms with Crippen LogP contribution in [0.1, 0.15) is 11.1 Å². The third-order valence-corrected chi connectivity index (χ3v) is 4.54. The molecule has 0 atom stereocenters. The molecule has 1 aliphatic heterocycles. The van der Waals surface area contributed by atoms with E-state index in [2.05, 4.69) is 4.90 Å². The second-order valence-electron chi connectivity index (χ2n) is 6.14. The van der Waals surface area contributed by atoms with Crippen molar-refractivity contribution in [2.45, 2.75) is 13.0 Å². The molecule has 1 aromatic heterocycles. The lowest BCUT2D eigenvalue weighted by Crippen LogP contribution is -2.48. The van der Waals surface area contributed by atoms with Crippen molar-refractivity contribution < 1.29 is 18.7 Å². The van der Waals surface area contributed by atoms with E-state index in [1.807, 2.05) is 29.2 Å². The molecule has 1 saturated heterocycles. The van der Waals surface area contributed by atoms with Crippen LogP contribution in [0.5, 0.6) is 11.5 Å². The maximum atomic E-state index is 12.3. The lowest BCUT2D eigenvalue weighted by Gasteiger charge is -2.35. The van der Waals surface area contributed by atoms with Crippen molar-refractivity contribution in [2.24, 2.45) is 0 Å². The second kappa shape index (κ2) is 8.07. The van der Waals surface area contributed by atoms with Crippen LogP contribution in [-0.4, -0.2) is 56.1 Å². The van der Waals surface area contributed by atoms with Crippen molar-refractivity contribution in [3.63, 3.8) is 0 Å². The van der Waals surface area contributed by atoms with Crippen molar-refractivity contribution in [2.75, 3.05) is 40.4 Å². The Morgan fingerprint density at radius 3 is 2.56 bits per heavy atom. The Hall–Kier alpha value is -2.47. The van der Waals surface area contributed by atoms with Gasteiger partial charge in [-0.25, -0.2) is 0 Å². The highest BCUT2D eigenvalue weighted by Crippen LogP contribution is 2.25. The van der Waals surface area contributed by atoms with Gasteiger partial charge in [0.25, 0.3) is 0 Å². The molecule has 0 bridgehead atoms. The summed E-state index contributed by atoms with van der Waals surface area (Å²) in [6.07, 6.45) is 3.63. The van der Waals surface area contributed by atoms with E-state index in [0.29, 0.717) is 6.42 Å². The average Bonchev–Trinajstić information content (AvgIpc) is 3.15. The first-order valence-electron chi connectivity index (χ1n) is 8.41. The molecule has 2 aromatic rings. The molecular weight excluding hydrogens is 320 g/mol. The minimum Gasteiger partial charge on any atom is -0.497 e.